The zero-order chi connectivity index (χ0) is 21.7. The Labute approximate surface area is 181 Å². The number of benzene rings is 2. The maximum Gasteiger partial charge on any atom is 0.225 e. The van der Waals surface area contributed by atoms with Crippen LogP contribution in [-0.2, 0) is 9.59 Å². The number of carbonyl (C=O) groups excluding carboxylic acids is 3. The molecule has 1 aliphatic rings. The summed E-state index contributed by atoms with van der Waals surface area (Å²) in [6.45, 7) is 1.90. The number of rotatable bonds is 8. The molecule has 0 bridgehead atoms. The first-order valence-electron chi connectivity index (χ1n) is 9.89. The van der Waals surface area contributed by atoms with Gasteiger partial charge in [0, 0.05) is 30.5 Å². The normalized spacial score (nSPS) is 18.4. The SMILES string of the molecule is CC(=O)c1ccc(OCCCC(=O)NC2CC(=O)N(C)C2c2ccc(Cl)cc2)cc1. The molecule has 2 aromatic rings. The zero-order valence-electron chi connectivity index (χ0n) is 17.1. The standard InChI is InChI=1S/C23H25ClN2O4/c1-15(27)16-7-11-19(12-8-16)30-13-3-4-21(28)25-20-14-22(29)26(2)23(20)17-5-9-18(24)10-6-17/h5-12,20,23H,3-4,13-14H2,1-2H3,(H,25,28). The van der Waals surface area contributed by atoms with Gasteiger partial charge >= 0.3 is 0 Å². The van der Waals surface area contributed by atoms with E-state index < -0.39 is 0 Å². The van der Waals surface area contributed by atoms with Crippen LogP contribution in [0.15, 0.2) is 48.5 Å². The lowest BCUT2D eigenvalue weighted by atomic mass is 10.00. The molecule has 0 spiro atoms. The maximum absolute atomic E-state index is 12.4. The average molecular weight is 429 g/mol. The van der Waals surface area contributed by atoms with Crippen LogP contribution >= 0.6 is 11.6 Å². The second-order valence-corrected chi connectivity index (χ2v) is 7.85. The summed E-state index contributed by atoms with van der Waals surface area (Å²) in [4.78, 5) is 37.6. The van der Waals surface area contributed by atoms with E-state index in [0.717, 1.165) is 5.56 Å². The Kier molecular flexibility index (Phi) is 7.11. The molecule has 1 saturated heterocycles. The van der Waals surface area contributed by atoms with Gasteiger partial charge < -0.3 is 15.0 Å². The molecule has 158 valence electrons. The van der Waals surface area contributed by atoms with Crippen molar-refractivity contribution in [2.45, 2.75) is 38.3 Å². The van der Waals surface area contributed by atoms with Crippen molar-refractivity contribution in [2.75, 3.05) is 13.7 Å². The minimum Gasteiger partial charge on any atom is -0.494 e. The lowest BCUT2D eigenvalue weighted by Gasteiger charge is -2.26. The first-order chi connectivity index (χ1) is 14.3. The van der Waals surface area contributed by atoms with Crippen LogP contribution in [0.5, 0.6) is 5.75 Å². The van der Waals surface area contributed by atoms with E-state index in [2.05, 4.69) is 5.32 Å². The number of halogens is 1. The van der Waals surface area contributed by atoms with Crippen molar-refractivity contribution >= 4 is 29.2 Å². The number of ether oxygens (including phenoxy) is 1. The number of likely N-dealkylation sites (N-methyl/N-ethyl adjacent to an activating group) is 1. The summed E-state index contributed by atoms with van der Waals surface area (Å²) >= 11 is 5.96. The molecule has 2 atom stereocenters. The molecular formula is C23H25ClN2O4. The number of ketones is 1. The highest BCUT2D eigenvalue weighted by Gasteiger charge is 2.39. The van der Waals surface area contributed by atoms with Crippen molar-refractivity contribution in [3.8, 4) is 5.75 Å². The minimum absolute atomic E-state index is 0.00223. The number of hydrogen-bond acceptors (Lipinski definition) is 4. The molecule has 2 amide bonds. The molecule has 2 unspecified atom stereocenters. The van der Waals surface area contributed by atoms with Gasteiger partial charge in [-0.05, 0) is 55.3 Å². The molecule has 1 N–H and O–H groups in total. The molecule has 0 aromatic heterocycles. The van der Waals surface area contributed by atoms with Gasteiger partial charge in [0.05, 0.1) is 18.7 Å². The van der Waals surface area contributed by atoms with Crippen molar-refractivity contribution in [2.24, 2.45) is 0 Å². The van der Waals surface area contributed by atoms with Crippen LogP contribution in [-0.4, -0.2) is 42.2 Å². The quantitative estimate of drug-likeness (QED) is 0.512. The summed E-state index contributed by atoms with van der Waals surface area (Å²) in [5.74, 6) is 0.549. The molecule has 1 fully saturated rings. The fourth-order valence-corrected chi connectivity index (χ4v) is 3.73. The van der Waals surface area contributed by atoms with Gasteiger partial charge in [-0.15, -0.1) is 0 Å². The van der Waals surface area contributed by atoms with Crippen molar-refractivity contribution < 1.29 is 19.1 Å². The van der Waals surface area contributed by atoms with Gasteiger partial charge in [-0.2, -0.15) is 0 Å². The lowest BCUT2D eigenvalue weighted by Crippen LogP contribution is -2.39. The van der Waals surface area contributed by atoms with E-state index in [0.29, 0.717) is 35.8 Å². The highest BCUT2D eigenvalue weighted by molar-refractivity contribution is 6.30. The molecule has 0 saturated carbocycles. The second kappa shape index (κ2) is 9.76. The van der Waals surface area contributed by atoms with Gasteiger partial charge in [-0.25, -0.2) is 0 Å². The van der Waals surface area contributed by atoms with Crippen molar-refractivity contribution in [3.05, 3.63) is 64.7 Å². The summed E-state index contributed by atoms with van der Waals surface area (Å²) in [5.41, 5.74) is 1.57. The van der Waals surface area contributed by atoms with Crippen LogP contribution in [0.4, 0.5) is 0 Å². The van der Waals surface area contributed by atoms with Crippen LogP contribution < -0.4 is 10.1 Å². The highest BCUT2D eigenvalue weighted by Crippen LogP contribution is 2.32. The largest absolute Gasteiger partial charge is 0.494 e. The summed E-state index contributed by atoms with van der Waals surface area (Å²) in [6.07, 6.45) is 1.12. The molecule has 2 aromatic carbocycles. The monoisotopic (exact) mass is 428 g/mol. The number of amides is 2. The third-order valence-electron chi connectivity index (χ3n) is 5.22. The van der Waals surface area contributed by atoms with E-state index in [4.69, 9.17) is 16.3 Å². The third kappa shape index (κ3) is 5.39. The predicted molar refractivity (Wildman–Crippen MR) is 115 cm³/mol. The second-order valence-electron chi connectivity index (χ2n) is 7.41. The molecule has 0 aliphatic carbocycles. The van der Waals surface area contributed by atoms with Crippen molar-refractivity contribution in [3.63, 3.8) is 0 Å². The molecular weight excluding hydrogens is 404 g/mol. The maximum atomic E-state index is 12.4. The Hall–Kier alpha value is -2.86. The van der Waals surface area contributed by atoms with Gasteiger partial charge in [-0.3, -0.25) is 14.4 Å². The Bertz CT molecular complexity index is 912. The molecule has 6 nitrogen and oxygen atoms in total. The Morgan fingerprint density at radius 3 is 2.43 bits per heavy atom. The number of nitrogens with one attached hydrogen (secondary N) is 1. The molecule has 1 aliphatic heterocycles. The van der Waals surface area contributed by atoms with E-state index in [-0.39, 0.29) is 36.1 Å². The first kappa shape index (κ1) is 21.8. The number of Topliss-reactive ketones (excluding diaryl/α,β-unsaturated/α-hetero) is 1. The Morgan fingerprint density at radius 2 is 1.80 bits per heavy atom. The van der Waals surface area contributed by atoms with Gasteiger partial charge in [0.25, 0.3) is 0 Å². The number of carbonyl (C=O) groups is 3. The van der Waals surface area contributed by atoms with Crippen molar-refractivity contribution in [1.29, 1.82) is 0 Å². The van der Waals surface area contributed by atoms with Gasteiger partial charge in [-0.1, -0.05) is 23.7 Å². The van der Waals surface area contributed by atoms with Gasteiger partial charge in [0.15, 0.2) is 5.78 Å². The third-order valence-corrected chi connectivity index (χ3v) is 5.47. The fraction of sp³-hybridized carbons (Fsp3) is 0.348. The summed E-state index contributed by atoms with van der Waals surface area (Å²) in [6, 6.07) is 13.8. The Morgan fingerprint density at radius 1 is 1.13 bits per heavy atom. The Balaban J connectivity index is 1.49. The van der Waals surface area contributed by atoms with Crippen LogP contribution in [0.25, 0.3) is 0 Å². The minimum atomic E-state index is -0.281. The first-order valence-corrected chi connectivity index (χ1v) is 10.3. The summed E-state index contributed by atoms with van der Waals surface area (Å²) in [7, 11) is 1.75. The molecule has 0 radical (unpaired) electrons. The average Bonchev–Trinajstić information content (AvgIpc) is 2.99. The van der Waals surface area contributed by atoms with E-state index in [1.165, 1.54) is 6.92 Å². The highest BCUT2D eigenvalue weighted by atomic mass is 35.5. The van der Waals surface area contributed by atoms with Crippen LogP contribution in [0, 0.1) is 0 Å². The van der Waals surface area contributed by atoms with E-state index in [9.17, 15) is 14.4 Å². The smallest absolute Gasteiger partial charge is 0.225 e. The van der Waals surface area contributed by atoms with Crippen LogP contribution in [0.3, 0.4) is 0 Å². The van der Waals surface area contributed by atoms with Crippen LogP contribution in [0.2, 0.25) is 5.02 Å². The van der Waals surface area contributed by atoms with Gasteiger partial charge in [0.2, 0.25) is 11.8 Å². The topological polar surface area (TPSA) is 75.7 Å². The summed E-state index contributed by atoms with van der Waals surface area (Å²) < 4.78 is 5.63. The number of hydrogen-bond donors (Lipinski definition) is 1. The van der Waals surface area contributed by atoms with E-state index >= 15 is 0 Å². The van der Waals surface area contributed by atoms with E-state index in [1.807, 2.05) is 12.1 Å². The van der Waals surface area contributed by atoms with E-state index in [1.54, 1.807) is 48.3 Å². The van der Waals surface area contributed by atoms with Gasteiger partial charge in [0.1, 0.15) is 5.75 Å². The number of likely N-dealkylation sites (tertiary alicyclic amines) is 1. The molecule has 1 heterocycles. The number of nitrogens with zero attached hydrogens (tertiary/aromatic N) is 1. The lowest BCUT2D eigenvalue weighted by molar-refractivity contribution is -0.127. The van der Waals surface area contributed by atoms with Crippen LogP contribution in [0.1, 0.15) is 48.1 Å². The molecule has 30 heavy (non-hydrogen) atoms. The van der Waals surface area contributed by atoms with Crippen molar-refractivity contribution in [1.82, 2.24) is 10.2 Å². The molecule has 7 heteroatoms. The summed E-state index contributed by atoms with van der Waals surface area (Å²) in [5, 5.41) is 3.62. The molecule has 3 rings (SSSR count). The zero-order valence-corrected chi connectivity index (χ0v) is 17.8. The fourth-order valence-electron chi connectivity index (χ4n) is 3.60. The predicted octanol–water partition coefficient (Wildman–Crippen LogP) is 3.79.